The van der Waals surface area contributed by atoms with Gasteiger partial charge in [0.25, 0.3) is 0 Å². The van der Waals surface area contributed by atoms with Crippen LogP contribution in [0.15, 0.2) is 96.5 Å². The van der Waals surface area contributed by atoms with Crippen molar-refractivity contribution in [2.24, 2.45) is 0 Å². The fourth-order valence-electron chi connectivity index (χ4n) is 3.95. The molecule has 2 aliphatic rings. The van der Waals surface area contributed by atoms with Crippen LogP contribution in [0.3, 0.4) is 0 Å². The molecule has 3 rings (SSSR count). The van der Waals surface area contributed by atoms with Crippen molar-refractivity contribution in [2.75, 3.05) is 0 Å². The molecule has 0 bridgehead atoms. The maximum Gasteiger partial charge on any atom is 0.193 e. The van der Waals surface area contributed by atoms with Crippen LogP contribution < -0.4 is 10.9 Å². The maximum atomic E-state index is 4.00. The summed E-state index contributed by atoms with van der Waals surface area (Å²) in [6.45, 7) is 18.3. The van der Waals surface area contributed by atoms with Crippen molar-refractivity contribution < 1.29 is 0 Å². The Labute approximate surface area is 171 Å². The lowest BCUT2D eigenvalue weighted by Crippen LogP contribution is -2.21. The summed E-state index contributed by atoms with van der Waals surface area (Å²) in [7, 11) is 4.49. The fourth-order valence-corrected chi connectivity index (χ4v) is 3.95. The van der Waals surface area contributed by atoms with Crippen molar-refractivity contribution in [3.63, 3.8) is 0 Å². The van der Waals surface area contributed by atoms with Crippen molar-refractivity contribution in [3.8, 4) is 0 Å². The van der Waals surface area contributed by atoms with Crippen LogP contribution in [0, 0.1) is 0 Å². The smallest absolute Gasteiger partial charge is 0.0996 e. The molecule has 0 amide bonds. The number of hydrogen-bond acceptors (Lipinski definition) is 0. The topological polar surface area (TPSA) is 0 Å². The number of benzene rings is 1. The second-order valence-corrected chi connectivity index (χ2v) is 7.07. The lowest BCUT2D eigenvalue weighted by molar-refractivity contribution is 1.15. The van der Waals surface area contributed by atoms with Crippen LogP contribution in [0.2, 0.25) is 0 Å². The van der Waals surface area contributed by atoms with E-state index in [1.807, 2.05) is 18.2 Å². The van der Waals surface area contributed by atoms with Crippen LogP contribution in [-0.2, 0) is 0 Å². The summed E-state index contributed by atoms with van der Waals surface area (Å²) in [5, 5.41) is 0. The molecule has 0 aliphatic carbocycles. The van der Waals surface area contributed by atoms with Crippen LogP contribution in [-0.4, -0.2) is 14.6 Å². The SMILES string of the molecule is C=CC1=C(C=C)c2cc3c(cc2[B]1)C(=C(C)\C=C/C)/C(=C\C=C(\C=C)CC)[B]3. The van der Waals surface area contributed by atoms with E-state index in [-0.39, 0.29) is 0 Å². The Morgan fingerprint density at radius 3 is 2.36 bits per heavy atom. The molecule has 0 aromatic heterocycles. The average molecular weight is 360 g/mol. The third-order valence-electron chi connectivity index (χ3n) is 5.39. The first-order valence-electron chi connectivity index (χ1n) is 9.82. The predicted molar refractivity (Wildman–Crippen MR) is 129 cm³/mol. The molecule has 0 saturated heterocycles. The first kappa shape index (κ1) is 20.0. The molecule has 2 radical (unpaired) electrons. The Kier molecular flexibility index (Phi) is 6.09. The first-order valence-corrected chi connectivity index (χ1v) is 9.82. The van der Waals surface area contributed by atoms with E-state index >= 15 is 0 Å². The second kappa shape index (κ2) is 8.52. The quantitative estimate of drug-likeness (QED) is 0.483. The van der Waals surface area contributed by atoms with E-state index in [4.69, 9.17) is 0 Å². The van der Waals surface area contributed by atoms with Gasteiger partial charge in [-0.25, -0.2) is 0 Å². The minimum atomic E-state index is 0.980. The van der Waals surface area contributed by atoms with Crippen LogP contribution in [0.25, 0.3) is 11.1 Å². The summed E-state index contributed by atoms with van der Waals surface area (Å²) >= 11 is 0. The Morgan fingerprint density at radius 2 is 1.75 bits per heavy atom. The standard InChI is InChI=1S/C26H26B2/c1-7-12-17(6)26-21-16-24-20(19(10-4)22(11-5)27-24)15-25(21)28-23(26)14-13-18(8-2)9-3/h7-8,10-16H,2,4-5,9H2,1,3,6H3/b12-7-,18-13-,23-14+,26-17+. The fraction of sp³-hybridized carbons (Fsp3) is 0.154. The molecule has 2 heteroatoms. The minimum Gasteiger partial charge on any atom is -0.0996 e. The zero-order valence-electron chi connectivity index (χ0n) is 17.2. The molecular formula is C26H26B2. The van der Waals surface area contributed by atoms with E-state index in [0.29, 0.717) is 0 Å². The summed E-state index contributed by atoms with van der Waals surface area (Å²) in [4.78, 5) is 0. The van der Waals surface area contributed by atoms with Gasteiger partial charge in [-0.1, -0.05) is 103 Å². The van der Waals surface area contributed by atoms with Gasteiger partial charge in [0.2, 0.25) is 0 Å². The largest absolute Gasteiger partial charge is 0.193 e. The van der Waals surface area contributed by atoms with E-state index in [1.165, 1.54) is 44.2 Å². The van der Waals surface area contributed by atoms with Crippen LogP contribution in [0.4, 0.5) is 0 Å². The number of fused-ring (bicyclic) bond motifs is 2. The predicted octanol–water partition coefficient (Wildman–Crippen LogP) is 5.21. The lowest BCUT2D eigenvalue weighted by atomic mass is 9.64. The third-order valence-corrected chi connectivity index (χ3v) is 5.39. The van der Waals surface area contributed by atoms with Crippen LogP contribution in [0.1, 0.15) is 38.3 Å². The van der Waals surface area contributed by atoms with Gasteiger partial charge in [0.1, 0.15) is 0 Å². The molecule has 0 saturated carbocycles. The maximum absolute atomic E-state index is 4.00. The zero-order chi connectivity index (χ0) is 20.3. The Hall–Kier alpha value is -2.73. The van der Waals surface area contributed by atoms with Gasteiger partial charge in [0.15, 0.2) is 14.6 Å². The molecule has 0 atom stereocenters. The highest BCUT2D eigenvalue weighted by Crippen LogP contribution is 2.34. The molecule has 0 nitrogen and oxygen atoms in total. The highest BCUT2D eigenvalue weighted by molar-refractivity contribution is 6.71. The van der Waals surface area contributed by atoms with Crippen molar-refractivity contribution in [1.29, 1.82) is 0 Å². The highest BCUT2D eigenvalue weighted by atomic mass is 14.2. The van der Waals surface area contributed by atoms with Crippen LogP contribution in [0.5, 0.6) is 0 Å². The minimum absolute atomic E-state index is 0.980. The molecule has 0 N–H and O–H groups in total. The highest BCUT2D eigenvalue weighted by Gasteiger charge is 2.28. The molecule has 0 unspecified atom stereocenters. The van der Waals surface area contributed by atoms with E-state index in [0.717, 1.165) is 17.5 Å². The molecule has 28 heavy (non-hydrogen) atoms. The Morgan fingerprint density at radius 1 is 1.04 bits per heavy atom. The molecular weight excluding hydrogens is 334 g/mol. The Bertz CT molecular complexity index is 1010. The lowest BCUT2D eigenvalue weighted by Gasteiger charge is -2.10. The van der Waals surface area contributed by atoms with Crippen LogP contribution >= 0.6 is 0 Å². The van der Waals surface area contributed by atoms with Crippen molar-refractivity contribution in [2.45, 2.75) is 27.2 Å². The zero-order valence-corrected chi connectivity index (χ0v) is 17.2. The van der Waals surface area contributed by atoms with E-state index in [2.05, 4.69) is 91.5 Å². The van der Waals surface area contributed by atoms with E-state index < -0.39 is 0 Å². The van der Waals surface area contributed by atoms with Gasteiger partial charge < -0.3 is 0 Å². The molecule has 0 fully saturated rings. The van der Waals surface area contributed by atoms with Crippen molar-refractivity contribution in [1.82, 2.24) is 0 Å². The van der Waals surface area contributed by atoms with E-state index in [1.54, 1.807) is 0 Å². The molecule has 0 spiro atoms. The molecule has 1 aromatic carbocycles. The first-order chi connectivity index (χ1) is 13.6. The summed E-state index contributed by atoms with van der Waals surface area (Å²) in [5.41, 5.74) is 12.4. The Balaban J connectivity index is 2.17. The van der Waals surface area contributed by atoms with Crippen molar-refractivity contribution >= 4 is 36.6 Å². The van der Waals surface area contributed by atoms with Gasteiger partial charge in [-0.2, -0.15) is 0 Å². The summed E-state index contributed by atoms with van der Waals surface area (Å²) in [6, 6.07) is 4.60. The van der Waals surface area contributed by atoms with E-state index in [9.17, 15) is 0 Å². The molecule has 136 valence electrons. The summed E-state index contributed by atoms with van der Waals surface area (Å²) < 4.78 is 0. The van der Waals surface area contributed by atoms with Crippen molar-refractivity contribution in [3.05, 3.63) is 108 Å². The normalized spacial score (nSPS) is 18.7. The van der Waals surface area contributed by atoms with Gasteiger partial charge in [-0.3, -0.25) is 0 Å². The summed E-state index contributed by atoms with van der Waals surface area (Å²) in [5.74, 6) is 0. The van der Waals surface area contributed by atoms with Gasteiger partial charge >= 0.3 is 0 Å². The monoisotopic (exact) mass is 360 g/mol. The third kappa shape index (κ3) is 3.52. The van der Waals surface area contributed by atoms with Gasteiger partial charge in [-0.05, 0) is 53.7 Å². The number of rotatable bonds is 6. The molecule has 1 aromatic rings. The average Bonchev–Trinajstić information content (AvgIpc) is 3.23. The molecule has 2 heterocycles. The summed E-state index contributed by atoms with van der Waals surface area (Å²) in [6.07, 6.45) is 15.4. The molecule has 2 aliphatic heterocycles. The van der Waals surface area contributed by atoms with Gasteiger partial charge in [0.05, 0.1) is 0 Å². The van der Waals surface area contributed by atoms with Gasteiger partial charge in [-0.15, -0.1) is 0 Å². The number of allylic oxidation sites excluding steroid dienone is 13. The van der Waals surface area contributed by atoms with Gasteiger partial charge in [0, 0.05) is 0 Å². The number of hydrogen-bond donors (Lipinski definition) is 0. The second-order valence-electron chi connectivity index (χ2n) is 7.07.